The van der Waals surface area contributed by atoms with Crippen LogP contribution >= 0.6 is 0 Å². The van der Waals surface area contributed by atoms with E-state index < -0.39 is 0 Å². The minimum absolute atomic E-state index is 0.224. The number of primary amides is 1. The molecular formula is C12H19N3O. The molecule has 1 unspecified atom stereocenters. The fourth-order valence-corrected chi connectivity index (χ4v) is 1.48. The summed E-state index contributed by atoms with van der Waals surface area (Å²) in [5.74, 6) is -0.224. The Morgan fingerprint density at radius 2 is 2.31 bits per heavy atom. The predicted molar refractivity (Wildman–Crippen MR) is 63.7 cm³/mol. The second kappa shape index (κ2) is 6.95. The van der Waals surface area contributed by atoms with Crippen molar-refractivity contribution in [1.82, 2.24) is 10.3 Å². The van der Waals surface area contributed by atoms with Crippen molar-refractivity contribution in [2.24, 2.45) is 5.73 Å². The molecule has 0 aliphatic carbocycles. The normalized spacial score (nSPS) is 12.3. The van der Waals surface area contributed by atoms with Crippen molar-refractivity contribution in [3.63, 3.8) is 0 Å². The number of rotatable bonds is 7. The molecule has 1 aromatic heterocycles. The van der Waals surface area contributed by atoms with E-state index in [1.54, 1.807) is 6.20 Å². The zero-order valence-corrected chi connectivity index (χ0v) is 9.65. The Morgan fingerprint density at radius 3 is 2.94 bits per heavy atom. The maximum absolute atomic E-state index is 10.5. The quantitative estimate of drug-likeness (QED) is 0.684. The van der Waals surface area contributed by atoms with Crippen molar-refractivity contribution in [2.75, 3.05) is 6.54 Å². The van der Waals surface area contributed by atoms with E-state index in [-0.39, 0.29) is 11.9 Å². The lowest BCUT2D eigenvalue weighted by atomic mass is 10.2. The third-order valence-corrected chi connectivity index (χ3v) is 2.43. The molecule has 1 atom stereocenters. The molecule has 0 spiro atoms. The first-order chi connectivity index (χ1) is 7.70. The Balaban J connectivity index is 2.16. The van der Waals surface area contributed by atoms with Crippen LogP contribution in [0.1, 0.15) is 37.9 Å². The molecule has 0 fully saturated rings. The molecule has 0 aliphatic heterocycles. The molecule has 3 N–H and O–H groups in total. The predicted octanol–water partition coefficient (Wildman–Crippen LogP) is 1.39. The number of carbonyl (C=O) groups excluding carboxylic acids is 1. The summed E-state index contributed by atoms with van der Waals surface area (Å²) in [4.78, 5) is 14.8. The number of pyridine rings is 1. The van der Waals surface area contributed by atoms with E-state index in [0.717, 1.165) is 25.1 Å². The molecule has 16 heavy (non-hydrogen) atoms. The van der Waals surface area contributed by atoms with Crippen molar-refractivity contribution in [1.29, 1.82) is 0 Å². The van der Waals surface area contributed by atoms with Crippen LogP contribution in [0.4, 0.5) is 0 Å². The van der Waals surface area contributed by atoms with Gasteiger partial charge in [0, 0.05) is 18.7 Å². The summed E-state index contributed by atoms with van der Waals surface area (Å²) in [7, 11) is 0. The summed E-state index contributed by atoms with van der Waals surface area (Å²) in [5, 5.41) is 3.36. The van der Waals surface area contributed by atoms with E-state index in [2.05, 4.69) is 17.2 Å². The number of unbranched alkanes of at least 4 members (excludes halogenated alkanes) is 1. The molecule has 1 aromatic rings. The molecule has 4 heteroatoms. The monoisotopic (exact) mass is 221 g/mol. The average molecular weight is 221 g/mol. The van der Waals surface area contributed by atoms with Gasteiger partial charge in [0.1, 0.15) is 0 Å². The van der Waals surface area contributed by atoms with Gasteiger partial charge in [0.05, 0.1) is 5.69 Å². The summed E-state index contributed by atoms with van der Waals surface area (Å²) in [6.07, 6.45) is 4.07. The SMILES string of the molecule is CC(NCCCCC(N)=O)c1ccccn1. The van der Waals surface area contributed by atoms with Gasteiger partial charge in [0.2, 0.25) is 5.91 Å². The van der Waals surface area contributed by atoms with Crippen molar-refractivity contribution in [2.45, 2.75) is 32.2 Å². The van der Waals surface area contributed by atoms with Crippen molar-refractivity contribution < 1.29 is 4.79 Å². The first kappa shape index (κ1) is 12.6. The molecule has 0 bridgehead atoms. The Morgan fingerprint density at radius 1 is 1.50 bits per heavy atom. The standard InChI is InChI=1S/C12H19N3O/c1-10(11-6-2-4-9-15-11)14-8-5-3-7-12(13)16/h2,4,6,9-10,14H,3,5,7-8H2,1H3,(H2,13,16). The fraction of sp³-hybridized carbons (Fsp3) is 0.500. The summed E-state index contributed by atoms with van der Waals surface area (Å²) in [6.45, 7) is 2.96. The second-order valence-corrected chi connectivity index (χ2v) is 3.85. The van der Waals surface area contributed by atoms with Gasteiger partial charge in [-0.05, 0) is 38.4 Å². The van der Waals surface area contributed by atoms with Gasteiger partial charge in [-0.15, -0.1) is 0 Å². The molecule has 1 amide bonds. The first-order valence-corrected chi connectivity index (χ1v) is 5.63. The van der Waals surface area contributed by atoms with Gasteiger partial charge >= 0.3 is 0 Å². The van der Waals surface area contributed by atoms with Crippen LogP contribution in [0.2, 0.25) is 0 Å². The molecule has 1 rings (SSSR count). The zero-order valence-electron chi connectivity index (χ0n) is 9.65. The fourth-order valence-electron chi connectivity index (χ4n) is 1.48. The number of nitrogens with two attached hydrogens (primary N) is 1. The van der Waals surface area contributed by atoms with Crippen LogP contribution in [0.15, 0.2) is 24.4 Å². The number of nitrogens with one attached hydrogen (secondary N) is 1. The average Bonchev–Trinajstić information content (AvgIpc) is 2.29. The van der Waals surface area contributed by atoms with Gasteiger partial charge in [-0.1, -0.05) is 6.07 Å². The Bertz CT molecular complexity index is 313. The van der Waals surface area contributed by atoms with Gasteiger partial charge in [0.15, 0.2) is 0 Å². The van der Waals surface area contributed by atoms with Gasteiger partial charge in [-0.25, -0.2) is 0 Å². The van der Waals surface area contributed by atoms with E-state index in [4.69, 9.17) is 5.73 Å². The minimum atomic E-state index is -0.224. The van der Waals surface area contributed by atoms with Gasteiger partial charge < -0.3 is 11.1 Å². The Labute approximate surface area is 96.3 Å². The number of aromatic nitrogens is 1. The molecule has 0 saturated heterocycles. The highest BCUT2D eigenvalue weighted by Gasteiger charge is 2.04. The number of hydrogen-bond acceptors (Lipinski definition) is 3. The van der Waals surface area contributed by atoms with E-state index in [1.165, 1.54) is 0 Å². The lowest BCUT2D eigenvalue weighted by molar-refractivity contribution is -0.118. The summed E-state index contributed by atoms with van der Waals surface area (Å²) in [5.41, 5.74) is 6.10. The highest BCUT2D eigenvalue weighted by atomic mass is 16.1. The van der Waals surface area contributed by atoms with E-state index in [1.807, 2.05) is 18.2 Å². The smallest absolute Gasteiger partial charge is 0.217 e. The second-order valence-electron chi connectivity index (χ2n) is 3.85. The van der Waals surface area contributed by atoms with Crippen LogP contribution in [-0.2, 0) is 4.79 Å². The maximum Gasteiger partial charge on any atom is 0.217 e. The van der Waals surface area contributed by atoms with Crippen LogP contribution < -0.4 is 11.1 Å². The topological polar surface area (TPSA) is 68.0 Å². The highest BCUT2D eigenvalue weighted by molar-refractivity contribution is 5.73. The van der Waals surface area contributed by atoms with Crippen molar-refractivity contribution >= 4 is 5.91 Å². The molecule has 4 nitrogen and oxygen atoms in total. The highest BCUT2D eigenvalue weighted by Crippen LogP contribution is 2.07. The van der Waals surface area contributed by atoms with E-state index in [9.17, 15) is 4.79 Å². The van der Waals surface area contributed by atoms with Crippen LogP contribution in [0.5, 0.6) is 0 Å². The summed E-state index contributed by atoms with van der Waals surface area (Å²) >= 11 is 0. The molecule has 0 saturated carbocycles. The van der Waals surface area contributed by atoms with Crippen molar-refractivity contribution in [3.8, 4) is 0 Å². The van der Waals surface area contributed by atoms with Gasteiger partial charge in [-0.2, -0.15) is 0 Å². The largest absolute Gasteiger partial charge is 0.370 e. The minimum Gasteiger partial charge on any atom is -0.370 e. The van der Waals surface area contributed by atoms with E-state index >= 15 is 0 Å². The lowest BCUT2D eigenvalue weighted by Gasteiger charge is -2.12. The maximum atomic E-state index is 10.5. The van der Waals surface area contributed by atoms with Crippen LogP contribution in [-0.4, -0.2) is 17.4 Å². The molecular weight excluding hydrogens is 202 g/mol. The molecule has 0 radical (unpaired) electrons. The van der Waals surface area contributed by atoms with Gasteiger partial charge in [-0.3, -0.25) is 9.78 Å². The molecule has 0 aliphatic rings. The third kappa shape index (κ3) is 4.89. The lowest BCUT2D eigenvalue weighted by Crippen LogP contribution is -2.21. The number of hydrogen-bond donors (Lipinski definition) is 2. The Hall–Kier alpha value is -1.42. The first-order valence-electron chi connectivity index (χ1n) is 5.63. The number of nitrogens with zero attached hydrogens (tertiary/aromatic N) is 1. The van der Waals surface area contributed by atoms with Crippen molar-refractivity contribution in [3.05, 3.63) is 30.1 Å². The summed E-state index contributed by atoms with van der Waals surface area (Å²) < 4.78 is 0. The van der Waals surface area contributed by atoms with Crippen LogP contribution in [0, 0.1) is 0 Å². The molecule has 0 aromatic carbocycles. The van der Waals surface area contributed by atoms with Crippen LogP contribution in [0.25, 0.3) is 0 Å². The molecule has 88 valence electrons. The zero-order chi connectivity index (χ0) is 11.8. The number of amides is 1. The Kier molecular flexibility index (Phi) is 5.50. The third-order valence-electron chi connectivity index (χ3n) is 2.43. The van der Waals surface area contributed by atoms with E-state index in [0.29, 0.717) is 6.42 Å². The number of carbonyl (C=O) groups is 1. The van der Waals surface area contributed by atoms with Crippen LogP contribution in [0.3, 0.4) is 0 Å². The van der Waals surface area contributed by atoms with Gasteiger partial charge in [0.25, 0.3) is 0 Å². The summed E-state index contributed by atoms with van der Waals surface area (Å²) in [6, 6.07) is 6.13. The molecule has 1 heterocycles.